The molecular weight excluding hydrogens is 280 g/mol. The molecule has 3 aromatic rings. The number of fused-ring (bicyclic) bond motifs is 2. The lowest BCUT2D eigenvalue weighted by Gasteiger charge is -2.16. The van der Waals surface area contributed by atoms with Crippen LogP contribution in [0.1, 0.15) is 21.6 Å². The number of anilines is 1. The number of nitrogens with two attached hydrogens (primary N) is 1. The van der Waals surface area contributed by atoms with Gasteiger partial charge in [0.15, 0.2) is 0 Å². The van der Waals surface area contributed by atoms with Gasteiger partial charge < -0.3 is 15.2 Å². The first-order chi connectivity index (χ1) is 10.6. The summed E-state index contributed by atoms with van der Waals surface area (Å²) < 4.78 is 1.86. The zero-order chi connectivity index (χ0) is 15.3. The molecule has 22 heavy (non-hydrogen) atoms. The maximum absolute atomic E-state index is 12.9. The van der Waals surface area contributed by atoms with Gasteiger partial charge in [0.2, 0.25) is 5.95 Å². The summed E-state index contributed by atoms with van der Waals surface area (Å²) in [6.45, 7) is 0.956. The number of aryl methyl sites for hydroxylation is 1. The largest absolute Gasteiger partial charge is 0.368 e. The van der Waals surface area contributed by atoms with Crippen LogP contribution in [0.25, 0.3) is 11.0 Å². The smallest absolute Gasteiger partial charge is 0.256 e. The van der Waals surface area contributed by atoms with E-state index in [0.29, 0.717) is 18.7 Å². The second-order valence-electron chi connectivity index (χ2n) is 5.39. The van der Waals surface area contributed by atoms with Gasteiger partial charge in [0.25, 0.3) is 5.91 Å². The van der Waals surface area contributed by atoms with Gasteiger partial charge in [-0.2, -0.15) is 0 Å². The second kappa shape index (κ2) is 4.52. The molecule has 0 spiro atoms. The molecule has 0 saturated heterocycles. The number of carbonyl (C=O) groups excluding carboxylic acids is 1. The van der Waals surface area contributed by atoms with E-state index in [9.17, 15) is 4.79 Å². The lowest BCUT2D eigenvalue weighted by Crippen LogP contribution is -2.25. The van der Waals surface area contributed by atoms with Crippen LogP contribution < -0.4 is 5.73 Å². The molecule has 2 N–H and O–H groups in total. The molecular formula is C15H14N6O. The number of aromatic nitrogens is 4. The molecule has 3 heterocycles. The number of rotatable bonds is 1. The molecule has 4 rings (SSSR count). The highest BCUT2D eigenvalue weighted by Gasteiger charge is 2.27. The third-order valence-electron chi connectivity index (χ3n) is 3.93. The summed E-state index contributed by atoms with van der Waals surface area (Å²) in [5.41, 5.74) is 9.67. The summed E-state index contributed by atoms with van der Waals surface area (Å²) in [7, 11) is 1.89. The Hall–Kier alpha value is -2.96. The normalized spacial score (nSPS) is 13.6. The van der Waals surface area contributed by atoms with Gasteiger partial charge >= 0.3 is 0 Å². The van der Waals surface area contributed by atoms with Gasteiger partial charge in [0, 0.05) is 25.4 Å². The molecule has 1 amide bonds. The highest BCUT2D eigenvalue weighted by atomic mass is 16.2. The van der Waals surface area contributed by atoms with Crippen molar-refractivity contribution in [3.8, 4) is 0 Å². The average molecular weight is 294 g/mol. The van der Waals surface area contributed by atoms with E-state index >= 15 is 0 Å². The molecule has 1 aromatic carbocycles. The maximum atomic E-state index is 12.9. The molecule has 7 nitrogen and oxygen atoms in total. The van der Waals surface area contributed by atoms with Crippen LogP contribution in [0.2, 0.25) is 0 Å². The second-order valence-corrected chi connectivity index (χ2v) is 5.39. The van der Waals surface area contributed by atoms with Crippen molar-refractivity contribution in [1.82, 2.24) is 24.4 Å². The quantitative estimate of drug-likeness (QED) is 0.726. The number of imidazole rings is 1. The first kappa shape index (κ1) is 12.8. The predicted molar refractivity (Wildman–Crippen MR) is 80.7 cm³/mol. The third kappa shape index (κ3) is 1.82. The Bertz CT molecular complexity index is 900. The number of hydrogen-bond acceptors (Lipinski definition) is 5. The van der Waals surface area contributed by atoms with E-state index in [1.807, 2.05) is 29.8 Å². The number of carbonyl (C=O) groups is 1. The zero-order valence-corrected chi connectivity index (χ0v) is 12.0. The van der Waals surface area contributed by atoms with Crippen LogP contribution in [0.15, 0.2) is 30.7 Å². The summed E-state index contributed by atoms with van der Waals surface area (Å²) >= 11 is 0. The number of hydrogen-bond donors (Lipinski definition) is 1. The lowest BCUT2D eigenvalue weighted by atomic mass is 10.1. The SMILES string of the molecule is Cn1cnc2cccc(C(=O)N3Cc4cnc(N)nc4C3)c21. The molecule has 0 unspecified atom stereocenters. The average Bonchev–Trinajstić information content (AvgIpc) is 3.10. The first-order valence-corrected chi connectivity index (χ1v) is 6.93. The molecule has 0 bridgehead atoms. The summed E-state index contributed by atoms with van der Waals surface area (Å²) in [4.78, 5) is 27.1. The van der Waals surface area contributed by atoms with Crippen molar-refractivity contribution in [2.24, 2.45) is 7.05 Å². The predicted octanol–water partition coefficient (Wildman–Crippen LogP) is 1.10. The lowest BCUT2D eigenvalue weighted by molar-refractivity contribution is 0.0752. The van der Waals surface area contributed by atoms with Crippen LogP contribution in [0.3, 0.4) is 0 Å². The van der Waals surface area contributed by atoms with Gasteiger partial charge in [-0.05, 0) is 12.1 Å². The monoisotopic (exact) mass is 294 g/mol. The topological polar surface area (TPSA) is 89.9 Å². The van der Waals surface area contributed by atoms with E-state index in [1.54, 1.807) is 17.4 Å². The minimum atomic E-state index is -0.0363. The third-order valence-corrected chi connectivity index (χ3v) is 3.93. The minimum absolute atomic E-state index is 0.0363. The minimum Gasteiger partial charge on any atom is -0.368 e. The molecule has 1 aliphatic rings. The number of nitrogen functional groups attached to an aromatic ring is 1. The van der Waals surface area contributed by atoms with E-state index in [1.165, 1.54) is 0 Å². The number of nitrogens with zero attached hydrogens (tertiary/aromatic N) is 5. The fraction of sp³-hybridized carbons (Fsp3) is 0.200. The fourth-order valence-electron chi connectivity index (χ4n) is 2.87. The number of benzene rings is 1. The fourth-order valence-corrected chi connectivity index (χ4v) is 2.87. The van der Waals surface area contributed by atoms with Crippen molar-refractivity contribution in [2.45, 2.75) is 13.1 Å². The van der Waals surface area contributed by atoms with Crippen LogP contribution in [-0.4, -0.2) is 30.3 Å². The van der Waals surface area contributed by atoms with Crippen LogP contribution >= 0.6 is 0 Å². The molecule has 0 radical (unpaired) electrons. The van der Waals surface area contributed by atoms with Crippen molar-refractivity contribution in [3.63, 3.8) is 0 Å². The Balaban J connectivity index is 1.72. The van der Waals surface area contributed by atoms with Crippen LogP contribution in [0.5, 0.6) is 0 Å². The molecule has 110 valence electrons. The van der Waals surface area contributed by atoms with Crippen LogP contribution in [0, 0.1) is 0 Å². The Morgan fingerprint density at radius 2 is 2.14 bits per heavy atom. The van der Waals surface area contributed by atoms with Crippen LogP contribution in [-0.2, 0) is 20.1 Å². The highest BCUT2D eigenvalue weighted by molar-refractivity contribution is 6.05. The molecule has 0 aliphatic carbocycles. The Morgan fingerprint density at radius 3 is 3.00 bits per heavy atom. The van der Waals surface area contributed by atoms with Crippen molar-refractivity contribution >= 4 is 22.9 Å². The van der Waals surface area contributed by atoms with Crippen LogP contribution in [0.4, 0.5) is 5.95 Å². The Morgan fingerprint density at radius 1 is 1.27 bits per heavy atom. The molecule has 7 heteroatoms. The van der Waals surface area contributed by atoms with E-state index in [4.69, 9.17) is 5.73 Å². The molecule has 1 aliphatic heterocycles. The molecule has 0 saturated carbocycles. The summed E-state index contributed by atoms with van der Waals surface area (Å²) in [5, 5.41) is 0. The Labute approximate surface area is 126 Å². The maximum Gasteiger partial charge on any atom is 0.256 e. The van der Waals surface area contributed by atoms with Gasteiger partial charge in [0.05, 0.1) is 35.2 Å². The van der Waals surface area contributed by atoms with Gasteiger partial charge in [-0.1, -0.05) is 6.07 Å². The van der Waals surface area contributed by atoms with Crippen molar-refractivity contribution in [1.29, 1.82) is 0 Å². The number of amides is 1. The molecule has 0 atom stereocenters. The van der Waals surface area contributed by atoms with Gasteiger partial charge in [-0.3, -0.25) is 4.79 Å². The van der Waals surface area contributed by atoms with E-state index in [0.717, 1.165) is 22.3 Å². The number of para-hydroxylation sites is 1. The molecule has 2 aromatic heterocycles. The van der Waals surface area contributed by atoms with E-state index in [2.05, 4.69) is 15.0 Å². The summed E-state index contributed by atoms with van der Waals surface area (Å²) in [6.07, 6.45) is 3.40. The van der Waals surface area contributed by atoms with Crippen molar-refractivity contribution in [3.05, 3.63) is 47.5 Å². The first-order valence-electron chi connectivity index (χ1n) is 6.93. The van der Waals surface area contributed by atoms with E-state index in [-0.39, 0.29) is 11.9 Å². The van der Waals surface area contributed by atoms with Crippen molar-refractivity contribution < 1.29 is 4.79 Å². The van der Waals surface area contributed by atoms with Gasteiger partial charge in [-0.25, -0.2) is 15.0 Å². The van der Waals surface area contributed by atoms with Gasteiger partial charge in [-0.15, -0.1) is 0 Å². The zero-order valence-electron chi connectivity index (χ0n) is 12.0. The summed E-state index contributed by atoms with van der Waals surface area (Å²) in [5.74, 6) is 0.201. The van der Waals surface area contributed by atoms with Crippen molar-refractivity contribution in [2.75, 3.05) is 5.73 Å². The standard InChI is InChI=1S/C15H14N6O/c1-20-8-18-11-4-2-3-10(13(11)20)14(22)21-6-9-5-17-15(16)19-12(9)7-21/h2-5,8H,6-7H2,1H3,(H2,16,17,19). The molecule has 0 fully saturated rings. The van der Waals surface area contributed by atoms with Gasteiger partial charge in [0.1, 0.15) is 0 Å². The van der Waals surface area contributed by atoms with E-state index < -0.39 is 0 Å². The Kier molecular flexibility index (Phi) is 2.62. The summed E-state index contributed by atoms with van der Waals surface area (Å²) in [6, 6.07) is 5.58. The highest BCUT2D eigenvalue weighted by Crippen LogP contribution is 2.25.